The molecule has 3 nitrogen and oxygen atoms in total. The smallest absolute Gasteiger partial charge is 0.121 e. The van der Waals surface area contributed by atoms with E-state index < -0.39 is 0 Å². The van der Waals surface area contributed by atoms with E-state index in [1.165, 1.54) is 10.8 Å². The monoisotopic (exact) mass is 298 g/mol. The summed E-state index contributed by atoms with van der Waals surface area (Å²) in [7, 11) is 0. The maximum Gasteiger partial charge on any atom is 0.121 e. The van der Waals surface area contributed by atoms with Crippen LogP contribution in [0.5, 0.6) is 5.75 Å². The van der Waals surface area contributed by atoms with E-state index in [0.717, 1.165) is 22.3 Å². The number of nitrogens with zero attached hydrogens (tertiary/aromatic N) is 1. The van der Waals surface area contributed by atoms with Gasteiger partial charge >= 0.3 is 0 Å². The minimum atomic E-state index is 0.484. The van der Waals surface area contributed by atoms with Gasteiger partial charge in [-0.25, -0.2) is 0 Å². The Balaban J connectivity index is 1.59. The van der Waals surface area contributed by atoms with E-state index >= 15 is 0 Å². The Morgan fingerprint density at radius 2 is 1.65 bits per heavy atom. The molecule has 23 heavy (non-hydrogen) atoms. The molecule has 1 heterocycles. The summed E-state index contributed by atoms with van der Waals surface area (Å²) in [6, 6.07) is 23.9. The fourth-order valence-corrected chi connectivity index (χ4v) is 2.77. The molecule has 0 radical (unpaired) electrons. The Morgan fingerprint density at radius 1 is 0.870 bits per heavy atom. The van der Waals surface area contributed by atoms with Crippen LogP contribution in [-0.4, -0.2) is 4.98 Å². The van der Waals surface area contributed by atoms with Crippen LogP contribution < -0.4 is 4.74 Å². The highest BCUT2D eigenvalue weighted by atomic mass is 16.5. The molecule has 3 heteroatoms. The highest BCUT2D eigenvalue weighted by Crippen LogP contribution is 2.28. The van der Waals surface area contributed by atoms with Gasteiger partial charge in [0.15, 0.2) is 0 Å². The highest BCUT2D eigenvalue weighted by molar-refractivity contribution is 6.07. The normalized spacial score (nSPS) is 10.7. The maximum atomic E-state index is 8.81. The van der Waals surface area contributed by atoms with E-state index in [1.807, 2.05) is 36.4 Å². The predicted octanol–water partition coefficient (Wildman–Crippen LogP) is 4.77. The molecule has 4 aromatic rings. The summed E-state index contributed by atoms with van der Waals surface area (Å²) in [5.41, 5.74) is 3.91. The molecule has 1 N–H and O–H groups in total. The molecule has 0 amide bonds. The third kappa shape index (κ3) is 2.51. The van der Waals surface area contributed by atoms with Crippen molar-refractivity contribution in [1.82, 2.24) is 4.98 Å². The molecule has 1 aromatic heterocycles. The summed E-state index contributed by atoms with van der Waals surface area (Å²) in [6.07, 6.45) is 0. The van der Waals surface area contributed by atoms with Gasteiger partial charge in [0.1, 0.15) is 12.4 Å². The van der Waals surface area contributed by atoms with Gasteiger partial charge in [0.25, 0.3) is 0 Å². The number of rotatable bonds is 3. The average Bonchev–Trinajstić information content (AvgIpc) is 2.98. The number of para-hydroxylation sites is 1. The first kappa shape index (κ1) is 13.4. The molecule has 3 aromatic carbocycles. The average molecular weight is 298 g/mol. The van der Waals surface area contributed by atoms with Crippen LogP contribution in [0.4, 0.5) is 0 Å². The number of benzene rings is 3. The van der Waals surface area contributed by atoms with Crippen molar-refractivity contribution in [2.75, 3.05) is 0 Å². The van der Waals surface area contributed by atoms with Crippen LogP contribution >= 0.6 is 0 Å². The lowest BCUT2D eigenvalue weighted by molar-refractivity contribution is 0.306. The van der Waals surface area contributed by atoms with Gasteiger partial charge < -0.3 is 9.72 Å². The van der Waals surface area contributed by atoms with E-state index in [0.29, 0.717) is 12.2 Å². The van der Waals surface area contributed by atoms with Crippen LogP contribution in [-0.2, 0) is 6.61 Å². The quantitative estimate of drug-likeness (QED) is 0.592. The molecule has 0 unspecified atom stereocenters. The number of fused-ring (bicyclic) bond motifs is 3. The van der Waals surface area contributed by atoms with Crippen molar-refractivity contribution < 1.29 is 4.74 Å². The lowest BCUT2D eigenvalue weighted by Gasteiger charge is -2.06. The molecule has 0 spiro atoms. The Labute approximate surface area is 133 Å². The van der Waals surface area contributed by atoms with Crippen molar-refractivity contribution >= 4 is 21.8 Å². The van der Waals surface area contributed by atoms with Crippen LogP contribution in [0.25, 0.3) is 21.8 Å². The van der Waals surface area contributed by atoms with E-state index in [1.54, 1.807) is 12.1 Å². The number of aromatic nitrogens is 1. The van der Waals surface area contributed by atoms with Crippen molar-refractivity contribution in [3.63, 3.8) is 0 Å². The van der Waals surface area contributed by atoms with E-state index in [4.69, 9.17) is 10.00 Å². The molecule has 0 bridgehead atoms. The molecule has 0 aliphatic heterocycles. The van der Waals surface area contributed by atoms with Gasteiger partial charge in [-0.1, -0.05) is 30.3 Å². The number of aromatic amines is 1. The molecule has 0 atom stereocenters. The molecule has 110 valence electrons. The molecular formula is C20H14N2O. The SMILES string of the molecule is N#Cc1ccc(COc2ccc3c(c2)[nH]c2ccccc23)cc1. The lowest BCUT2D eigenvalue weighted by atomic mass is 10.1. The molecule has 0 saturated carbocycles. The van der Waals surface area contributed by atoms with Crippen LogP contribution in [0, 0.1) is 11.3 Å². The molecular weight excluding hydrogens is 284 g/mol. The van der Waals surface area contributed by atoms with Crippen molar-refractivity contribution in [1.29, 1.82) is 5.26 Å². The zero-order valence-electron chi connectivity index (χ0n) is 12.4. The van der Waals surface area contributed by atoms with Crippen molar-refractivity contribution in [3.05, 3.63) is 77.9 Å². The second kappa shape index (κ2) is 5.51. The topological polar surface area (TPSA) is 48.8 Å². The zero-order chi connectivity index (χ0) is 15.6. The lowest BCUT2D eigenvalue weighted by Crippen LogP contribution is -1.95. The highest BCUT2D eigenvalue weighted by Gasteiger charge is 2.05. The number of H-pyrrole nitrogens is 1. The largest absolute Gasteiger partial charge is 0.489 e. The van der Waals surface area contributed by atoms with Gasteiger partial charge in [0.2, 0.25) is 0 Å². The zero-order valence-corrected chi connectivity index (χ0v) is 12.4. The third-order valence-electron chi connectivity index (χ3n) is 3.97. The molecule has 4 rings (SSSR count). The van der Waals surface area contributed by atoms with Crippen LogP contribution in [0.15, 0.2) is 66.7 Å². The molecule has 0 fully saturated rings. The van der Waals surface area contributed by atoms with Gasteiger partial charge in [-0.05, 0) is 35.9 Å². The Kier molecular flexibility index (Phi) is 3.21. The number of nitriles is 1. The fourth-order valence-electron chi connectivity index (χ4n) is 2.77. The van der Waals surface area contributed by atoms with E-state index in [-0.39, 0.29) is 0 Å². The summed E-state index contributed by atoms with van der Waals surface area (Å²) < 4.78 is 5.87. The second-order valence-corrected chi connectivity index (χ2v) is 5.48. The summed E-state index contributed by atoms with van der Waals surface area (Å²) in [4.78, 5) is 3.42. The number of nitrogens with one attached hydrogen (secondary N) is 1. The van der Waals surface area contributed by atoms with Gasteiger partial charge in [0.05, 0.1) is 17.1 Å². The molecule has 0 aliphatic carbocycles. The summed E-state index contributed by atoms with van der Waals surface area (Å²) >= 11 is 0. The van der Waals surface area contributed by atoms with Gasteiger partial charge in [-0.2, -0.15) is 5.26 Å². The first-order chi connectivity index (χ1) is 11.3. The second-order valence-electron chi connectivity index (χ2n) is 5.48. The van der Waals surface area contributed by atoms with Crippen molar-refractivity contribution in [2.45, 2.75) is 6.61 Å². The molecule has 0 aliphatic rings. The Bertz CT molecular complexity index is 1020. The Morgan fingerprint density at radius 3 is 2.48 bits per heavy atom. The Hall–Kier alpha value is -3.25. The van der Waals surface area contributed by atoms with Crippen LogP contribution in [0.1, 0.15) is 11.1 Å². The standard InChI is InChI=1S/C20H14N2O/c21-12-14-5-7-15(8-6-14)13-23-16-9-10-18-17-3-1-2-4-19(17)22-20(18)11-16/h1-11,22H,13H2. The van der Waals surface area contributed by atoms with Gasteiger partial charge in [-0.15, -0.1) is 0 Å². The van der Waals surface area contributed by atoms with Crippen molar-refractivity contribution in [2.24, 2.45) is 0 Å². The minimum Gasteiger partial charge on any atom is -0.489 e. The summed E-state index contributed by atoms with van der Waals surface area (Å²) in [5.74, 6) is 0.827. The summed E-state index contributed by atoms with van der Waals surface area (Å²) in [6.45, 7) is 0.484. The number of hydrogen-bond acceptors (Lipinski definition) is 2. The number of ether oxygens (including phenoxy) is 1. The number of hydrogen-bond donors (Lipinski definition) is 1. The van der Waals surface area contributed by atoms with E-state index in [2.05, 4.69) is 29.3 Å². The first-order valence-corrected chi connectivity index (χ1v) is 7.46. The fraction of sp³-hybridized carbons (Fsp3) is 0.0500. The van der Waals surface area contributed by atoms with E-state index in [9.17, 15) is 0 Å². The van der Waals surface area contributed by atoms with Gasteiger partial charge in [-0.3, -0.25) is 0 Å². The maximum absolute atomic E-state index is 8.81. The van der Waals surface area contributed by atoms with Gasteiger partial charge in [0, 0.05) is 22.4 Å². The van der Waals surface area contributed by atoms with Crippen LogP contribution in [0.3, 0.4) is 0 Å². The van der Waals surface area contributed by atoms with Crippen molar-refractivity contribution in [3.8, 4) is 11.8 Å². The first-order valence-electron chi connectivity index (χ1n) is 7.46. The molecule has 0 saturated heterocycles. The third-order valence-corrected chi connectivity index (χ3v) is 3.97. The van der Waals surface area contributed by atoms with Crippen LogP contribution in [0.2, 0.25) is 0 Å². The minimum absolute atomic E-state index is 0.484. The summed E-state index contributed by atoms with van der Waals surface area (Å²) in [5, 5.41) is 11.2. The predicted molar refractivity (Wildman–Crippen MR) is 91.3 cm³/mol.